The van der Waals surface area contributed by atoms with Crippen LogP contribution in [-0.2, 0) is 0 Å². The van der Waals surface area contributed by atoms with E-state index in [1.165, 1.54) is 44.1 Å². The lowest BCUT2D eigenvalue weighted by Gasteiger charge is -2.44. The fraction of sp³-hybridized carbons (Fsp3) is 0.667. The predicted molar refractivity (Wildman–Crippen MR) is 111 cm³/mol. The molecule has 0 radical (unpaired) electrons. The molecule has 1 N–H and O–H groups in total. The molecule has 1 saturated carbocycles. The topological polar surface area (TPSA) is 18.5 Å². The fourth-order valence-electron chi connectivity index (χ4n) is 4.56. The van der Waals surface area contributed by atoms with Crippen molar-refractivity contribution in [1.29, 1.82) is 0 Å². The summed E-state index contributed by atoms with van der Waals surface area (Å²) in [5.74, 6) is 0.848. The van der Waals surface area contributed by atoms with Crippen LogP contribution in [0.25, 0.3) is 0 Å². The Balaban J connectivity index is 1.51. The zero-order chi connectivity index (χ0) is 17.8. The first-order valence-corrected chi connectivity index (χ1v) is 10.3. The van der Waals surface area contributed by atoms with E-state index in [1.807, 2.05) is 0 Å². The van der Waals surface area contributed by atoms with Crippen molar-refractivity contribution in [2.45, 2.75) is 64.5 Å². The quantitative estimate of drug-likeness (QED) is 0.790. The van der Waals surface area contributed by atoms with Crippen LogP contribution >= 0.6 is 12.2 Å². The number of thiocarbonyl (C=S) groups is 1. The van der Waals surface area contributed by atoms with Crippen molar-refractivity contribution < 1.29 is 0 Å². The number of nitrogens with zero attached hydrogens (tertiary/aromatic N) is 2. The number of aryl methyl sites for hydroxylation is 1. The van der Waals surface area contributed by atoms with E-state index >= 15 is 0 Å². The highest BCUT2D eigenvalue weighted by atomic mass is 32.1. The minimum absolute atomic E-state index is 0.711. The highest BCUT2D eigenvalue weighted by Crippen LogP contribution is 2.30. The molecule has 0 unspecified atom stereocenters. The van der Waals surface area contributed by atoms with Crippen molar-refractivity contribution in [2.75, 3.05) is 25.5 Å². The van der Waals surface area contributed by atoms with Crippen molar-refractivity contribution in [1.82, 2.24) is 9.80 Å². The smallest absolute Gasteiger partial charge is 0.173 e. The number of likely N-dealkylation sites (tertiary alicyclic amines) is 1. The van der Waals surface area contributed by atoms with Crippen molar-refractivity contribution in [3.63, 3.8) is 0 Å². The highest BCUT2D eigenvalue weighted by molar-refractivity contribution is 7.80. The molecule has 3 rings (SSSR count). The number of nitrogens with one attached hydrogen (secondary N) is 1. The van der Waals surface area contributed by atoms with Gasteiger partial charge in [0.25, 0.3) is 0 Å². The van der Waals surface area contributed by atoms with Crippen molar-refractivity contribution >= 4 is 23.0 Å². The van der Waals surface area contributed by atoms with Gasteiger partial charge in [-0.2, -0.15) is 0 Å². The lowest BCUT2D eigenvalue weighted by atomic mass is 9.84. The number of piperidine rings is 1. The largest absolute Gasteiger partial charge is 0.349 e. The molecule has 3 nitrogen and oxygen atoms in total. The van der Waals surface area contributed by atoms with E-state index < -0.39 is 0 Å². The maximum absolute atomic E-state index is 5.67. The first kappa shape index (κ1) is 18.7. The van der Waals surface area contributed by atoms with Crippen LogP contribution in [0.15, 0.2) is 24.3 Å². The normalized spacial score (nSPS) is 25.2. The van der Waals surface area contributed by atoms with Crippen LogP contribution in [0.3, 0.4) is 0 Å². The minimum Gasteiger partial charge on any atom is -0.349 e. The summed E-state index contributed by atoms with van der Waals surface area (Å²) in [6.45, 7) is 6.69. The molecule has 0 spiro atoms. The van der Waals surface area contributed by atoms with E-state index in [0.717, 1.165) is 35.8 Å². The average molecular weight is 360 g/mol. The molecule has 2 atom stereocenters. The Hall–Kier alpha value is -1.13. The molecule has 4 heteroatoms. The van der Waals surface area contributed by atoms with Gasteiger partial charge in [0.2, 0.25) is 0 Å². The predicted octanol–water partition coefficient (Wildman–Crippen LogP) is 4.67. The van der Waals surface area contributed by atoms with Gasteiger partial charge in [-0.25, -0.2) is 0 Å². The lowest BCUT2D eigenvalue weighted by Crippen LogP contribution is -2.51. The zero-order valence-electron chi connectivity index (χ0n) is 16.0. The summed E-state index contributed by atoms with van der Waals surface area (Å²) < 4.78 is 0. The van der Waals surface area contributed by atoms with Crippen LogP contribution < -0.4 is 5.32 Å². The first-order valence-electron chi connectivity index (χ1n) is 9.89. The summed E-state index contributed by atoms with van der Waals surface area (Å²) in [5, 5.41) is 4.31. The van der Waals surface area contributed by atoms with E-state index in [-0.39, 0.29) is 0 Å². The Labute approximate surface area is 158 Å². The number of benzene rings is 1. The second kappa shape index (κ2) is 8.50. The summed E-state index contributed by atoms with van der Waals surface area (Å²) in [4.78, 5) is 5.04. The van der Waals surface area contributed by atoms with Crippen LogP contribution in [0.5, 0.6) is 0 Å². The van der Waals surface area contributed by atoms with Crippen LogP contribution in [0, 0.1) is 12.8 Å². The number of para-hydroxylation sites is 1. The molecule has 0 amide bonds. The van der Waals surface area contributed by atoms with E-state index in [4.69, 9.17) is 12.2 Å². The second-order valence-corrected chi connectivity index (χ2v) is 8.34. The molecule has 1 aliphatic carbocycles. The number of hydrogen-bond acceptors (Lipinski definition) is 2. The molecule has 1 heterocycles. The molecule has 1 aromatic carbocycles. The Kier molecular flexibility index (Phi) is 6.34. The molecule has 0 aromatic heterocycles. The van der Waals surface area contributed by atoms with Gasteiger partial charge >= 0.3 is 0 Å². The zero-order valence-corrected chi connectivity index (χ0v) is 16.8. The molecule has 138 valence electrons. The molecular weight excluding hydrogens is 326 g/mol. The van der Waals surface area contributed by atoms with E-state index in [2.05, 4.69) is 60.3 Å². The summed E-state index contributed by atoms with van der Waals surface area (Å²) in [6.07, 6.45) is 8.04. The third kappa shape index (κ3) is 4.53. The second-order valence-electron chi connectivity index (χ2n) is 7.96. The van der Waals surface area contributed by atoms with E-state index in [0.29, 0.717) is 6.04 Å². The van der Waals surface area contributed by atoms with Crippen LogP contribution in [0.4, 0.5) is 5.69 Å². The van der Waals surface area contributed by atoms with Crippen molar-refractivity contribution in [3.05, 3.63) is 29.8 Å². The summed E-state index contributed by atoms with van der Waals surface area (Å²) in [5.41, 5.74) is 2.37. The van der Waals surface area contributed by atoms with Crippen LogP contribution in [0.2, 0.25) is 0 Å². The van der Waals surface area contributed by atoms with Gasteiger partial charge < -0.3 is 15.1 Å². The standard InChI is InChI=1S/C21H33N3S/c1-16-8-4-6-10-19(16)22-21(25)24-14-12-18(13-15-24)23(3)20-11-7-5-9-17(20)2/h4,6,8,10,17-18,20H,5,7,9,11-15H2,1-3H3,(H,22,25)/t17-,20-/m0/s1. The van der Waals surface area contributed by atoms with Crippen LogP contribution in [-0.4, -0.2) is 47.1 Å². The fourth-order valence-corrected chi connectivity index (χ4v) is 4.85. The van der Waals surface area contributed by atoms with Gasteiger partial charge in [-0.1, -0.05) is 38.0 Å². The number of hydrogen-bond donors (Lipinski definition) is 1. The van der Waals surface area contributed by atoms with Crippen LogP contribution in [0.1, 0.15) is 51.0 Å². The Morgan fingerprint density at radius 1 is 1.12 bits per heavy atom. The van der Waals surface area contributed by atoms with E-state index in [9.17, 15) is 0 Å². The molecule has 2 fully saturated rings. The Morgan fingerprint density at radius 3 is 2.48 bits per heavy atom. The number of rotatable bonds is 3. The van der Waals surface area contributed by atoms with Gasteiger partial charge in [-0.05, 0) is 69.4 Å². The monoisotopic (exact) mass is 359 g/mol. The van der Waals surface area contributed by atoms with E-state index in [1.54, 1.807) is 0 Å². The van der Waals surface area contributed by atoms with Gasteiger partial charge in [0.1, 0.15) is 0 Å². The summed E-state index contributed by atoms with van der Waals surface area (Å²) in [7, 11) is 2.36. The SMILES string of the molecule is Cc1ccccc1NC(=S)N1CCC(N(C)[C@H]2CCCC[C@@H]2C)CC1. The first-order chi connectivity index (χ1) is 12.1. The number of anilines is 1. The molecule has 2 aliphatic rings. The third-order valence-electron chi connectivity index (χ3n) is 6.30. The molecule has 25 heavy (non-hydrogen) atoms. The third-order valence-corrected chi connectivity index (χ3v) is 6.66. The average Bonchev–Trinajstić information content (AvgIpc) is 2.63. The van der Waals surface area contributed by atoms with Crippen molar-refractivity contribution in [3.8, 4) is 0 Å². The van der Waals surface area contributed by atoms with Gasteiger partial charge in [0, 0.05) is 30.9 Å². The Bertz CT molecular complexity index is 580. The van der Waals surface area contributed by atoms with Gasteiger partial charge in [-0.15, -0.1) is 0 Å². The van der Waals surface area contributed by atoms with Gasteiger partial charge in [0.15, 0.2) is 5.11 Å². The summed E-state index contributed by atoms with van der Waals surface area (Å²) >= 11 is 5.67. The Morgan fingerprint density at radius 2 is 1.80 bits per heavy atom. The minimum atomic E-state index is 0.711. The molecule has 1 aliphatic heterocycles. The lowest BCUT2D eigenvalue weighted by molar-refractivity contribution is 0.0691. The molecule has 1 saturated heterocycles. The van der Waals surface area contributed by atoms with Crippen molar-refractivity contribution in [2.24, 2.45) is 5.92 Å². The maximum atomic E-state index is 5.67. The van der Waals surface area contributed by atoms with Gasteiger partial charge in [-0.3, -0.25) is 0 Å². The molecule has 0 bridgehead atoms. The summed E-state index contributed by atoms with van der Waals surface area (Å²) in [6, 6.07) is 9.84. The maximum Gasteiger partial charge on any atom is 0.173 e. The molecule has 1 aromatic rings. The highest BCUT2D eigenvalue weighted by Gasteiger charge is 2.31. The molecular formula is C21H33N3S. The van der Waals surface area contributed by atoms with Gasteiger partial charge in [0.05, 0.1) is 0 Å².